The van der Waals surface area contributed by atoms with Gasteiger partial charge in [0.2, 0.25) is 0 Å². The molecule has 0 fully saturated rings. The summed E-state index contributed by atoms with van der Waals surface area (Å²) >= 11 is 6.01. The number of pyridine rings is 2. The Morgan fingerprint density at radius 2 is 1.93 bits per heavy atom. The van der Waals surface area contributed by atoms with Gasteiger partial charge in [0.15, 0.2) is 11.9 Å². The van der Waals surface area contributed by atoms with Crippen LogP contribution in [0.2, 0.25) is 5.15 Å². The minimum Gasteiger partial charge on any atom is -0.353 e. The summed E-state index contributed by atoms with van der Waals surface area (Å²) in [6, 6.07) is 14.8. The zero-order valence-electron chi connectivity index (χ0n) is 15.7. The van der Waals surface area contributed by atoms with Gasteiger partial charge < -0.3 is 4.74 Å². The van der Waals surface area contributed by atoms with Crippen molar-refractivity contribution in [2.45, 2.75) is 26.5 Å². The van der Waals surface area contributed by atoms with Crippen molar-refractivity contribution in [2.75, 3.05) is 11.5 Å². The third-order valence-corrected chi connectivity index (χ3v) is 4.82. The van der Waals surface area contributed by atoms with Crippen molar-refractivity contribution < 1.29 is 9.53 Å². The number of nitrogens with zero attached hydrogens (tertiary/aromatic N) is 3. The molecule has 28 heavy (non-hydrogen) atoms. The summed E-state index contributed by atoms with van der Waals surface area (Å²) in [6.07, 6.45) is 2.39. The lowest BCUT2D eigenvalue weighted by Crippen LogP contribution is -2.30. The van der Waals surface area contributed by atoms with Gasteiger partial charge in [-0.1, -0.05) is 41.4 Å². The second-order valence-electron chi connectivity index (χ2n) is 6.91. The molecule has 1 aliphatic rings. The number of carbonyl (C=O) groups is 1. The van der Waals surface area contributed by atoms with Gasteiger partial charge >= 0.3 is 0 Å². The van der Waals surface area contributed by atoms with Crippen LogP contribution in [0, 0.1) is 0 Å². The van der Waals surface area contributed by atoms with Gasteiger partial charge in [0, 0.05) is 16.5 Å². The number of allylic oxidation sites excluding steroid dienone is 1. The molecular weight excluding hydrogens is 374 g/mol. The van der Waals surface area contributed by atoms with E-state index in [2.05, 4.69) is 29.9 Å². The maximum Gasteiger partial charge on any atom is 0.262 e. The van der Waals surface area contributed by atoms with E-state index < -0.39 is 6.23 Å². The van der Waals surface area contributed by atoms with E-state index in [4.69, 9.17) is 16.3 Å². The number of carbonyl (C=O) groups excluding carboxylic acids is 1. The number of hydrogen-bond acceptors (Lipinski definition) is 4. The van der Waals surface area contributed by atoms with Crippen LogP contribution in [0.1, 0.15) is 42.4 Å². The van der Waals surface area contributed by atoms with Crippen LogP contribution in [0.25, 0.3) is 11.0 Å². The number of aromatic nitrogens is 2. The van der Waals surface area contributed by atoms with E-state index >= 15 is 0 Å². The topological polar surface area (TPSA) is 55.3 Å². The Morgan fingerprint density at radius 1 is 1.14 bits per heavy atom. The highest BCUT2D eigenvalue weighted by Crippen LogP contribution is 2.38. The predicted molar refractivity (Wildman–Crippen MR) is 111 cm³/mol. The van der Waals surface area contributed by atoms with Gasteiger partial charge in [-0.15, -0.1) is 0 Å². The third-order valence-electron chi connectivity index (χ3n) is 4.61. The molecule has 0 saturated heterocycles. The van der Waals surface area contributed by atoms with Crippen molar-refractivity contribution in [2.24, 2.45) is 0 Å². The van der Waals surface area contributed by atoms with Gasteiger partial charge in [-0.25, -0.2) is 9.97 Å². The average Bonchev–Trinajstić information content (AvgIpc) is 2.97. The second-order valence-corrected chi connectivity index (χ2v) is 7.29. The first-order valence-electron chi connectivity index (χ1n) is 9.15. The van der Waals surface area contributed by atoms with E-state index in [1.807, 2.05) is 42.5 Å². The molecule has 0 saturated carbocycles. The van der Waals surface area contributed by atoms with E-state index in [1.165, 1.54) is 5.57 Å². The van der Waals surface area contributed by atoms with Crippen molar-refractivity contribution >= 4 is 34.4 Å². The average molecular weight is 394 g/mol. The summed E-state index contributed by atoms with van der Waals surface area (Å²) in [5, 5.41) is 1.22. The highest BCUT2D eigenvalue weighted by Gasteiger charge is 2.39. The van der Waals surface area contributed by atoms with E-state index in [-0.39, 0.29) is 5.91 Å². The molecule has 4 rings (SSSR count). The lowest BCUT2D eigenvalue weighted by atomic mass is 10.1. The van der Waals surface area contributed by atoms with E-state index in [0.717, 1.165) is 17.4 Å². The summed E-state index contributed by atoms with van der Waals surface area (Å²) in [4.78, 5) is 23.5. The van der Waals surface area contributed by atoms with Gasteiger partial charge in [0.25, 0.3) is 5.91 Å². The Kier molecular flexibility index (Phi) is 5.11. The Bertz CT molecular complexity index is 1080. The van der Waals surface area contributed by atoms with Crippen LogP contribution < -0.4 is 4.90 Å². The summed E-state index contributed by atoms with van der Waals surface area (Å²) in [6.45, 7) is 4.61. The van der Waals surface area contributed by atoms with Crippen LogP contribution >= 0.6 is 11.6 Å². The number of halogens is 1. The third kappa shape index (κ3) is 3.51. The van der Waals surface area contributed by atoms with Gasteiger partial charge in [-0.05, 0) is 50.6 Å². The zero-order chi connectivity index (χ0) is 19.7. The second kappa shape index (κ2) is 7.70. The Hall–Kier alpha value is -2.76. The van der Waals surface area contributed by atoms with E-state index in [1.54, 1.807) is 11.0 Å². The molecule has 5 nitrogen and oxygen atoms in total. The Balaban J connectivity index is 1.71. The van der Waals surface area contributed by atoms with Crippen molar-refractivity contribution in [3.05, 3.63) is 76.5 Å². The molecule has 3 heterocycles. The maximum absolute atomic E-state index is 13.1. The van der Waals surface area contributed by atoms with Crippen molar-refractivity contribution in [3.63, 3.8) is 0 Å². The van der Waals surface area contributed by atoms with Crippen LogP contribution in [-0.4, -0.2) is 22.5 Å². The Morgan fingerprint density at radius 3 is 2.75 bits per heavy atom. The molecule has 0 spiro atoms. The lowest BCUT2D eigenvalue weighted by Gasteiger charge is -2.24. The fourth-order valence-corrected chi connectivity index (χ4v) is 3.44. The van der Waals surface area contributed by atoms with Crippen LogP contribution in [0.4, 0.5) is 5.82 Å². The monoisotopic (exact) mass is 393 g/mol. The van der Waals surface area contributed by atoms with Gasteiger partial charge in [0.05, 0.1) is 6.61 Å². The lowest BCUT2D eigenvalue weighted by molar-refractivity contribution is 0.0543. The quantitative estimate of drug-likeness (QED) is 0.334. The molecule has 0 radical (unpaired) electrons. The first-order chi connectivity index (χ1) is 13.5. The molecule has 3 aromatic rings. The smallest absolute Gasteiger partial charge is 0.262 e. The molecule has 1 atom stereocenters. The molecule has 1 amide bonds. The highest BCUT2D eigenvalue weighted by atomic mass is 35.5. The molecule has 2 aromatic heterocycles. The minimum atomic E-state index is -0.515. The maximum atomic E-state index is 13.1. The SMILES string of the molecule is CC(C)=CCCOC1c2ccccc2C(=O)N1c1ccc2ccc(Cl)nc2n1. The number of hydrogen-bond donors (Lipinski definition) is 0. The largest absolute Gasteiger partial charge is 0.353 e. The number of amides is 1. The van der Waals surface area contributed by atoms with Gasteiger partial charge in [0.1, 0.15) is 11.0 Å². The first kappa shape index (κ1) is 18.6. The molecule has 1 unspecified atom stereocenters. The molecule has 0 aliphatic carbocycles. The fourth-order valence-electron chi connectivity index (χ4n) is 3.30. The summed E-state index contributed by atoms with van der Waals surface area (Å²) in [7, 11) is 0. The molecule has 142 valence electrons. The Labute approximate surface area is 168 Å². The normalized spacial score (nSPS) is 15.8. The van der Waals surface area contributed by atoms with Crippen LogP contribution in [0.3, 0.4) is 0 Å². The molecule has 0 bridgehead atoms. The number of fused-ring (bicyclic) bond motifs is 2. The van der Waals surface area contributed by atoms with Gasteiger partial charge in [-0.3, -0.25) is 9.69 Å². The molecule has 0 N–H and O–H groups in total. The molecule has 6 heteroatoms. The summed E-state index contributed by atoms with van der Waals surface area (Å²) in [5.41, 5.74) is 3.22. The van der Waals surface area contributed by atoms with Crippen molar-refractivity contribution in [3.8, 4) is 0 Å². The first-order valence-corrected chi connectivity index (χ1v) is 9.53. The molecule has 1 aliphatic heterocycles. The van der Waals surface area contributed by atoms with Gasteiger partial charge in [-0.2, -0.15) is 0 Å². The van der Waals surface area contributed by atoms with Crippen LogP contribution in [-0.2, 0) is 4.74 Å². The fraction of sp³-hybridized carbons (Fsp3) is 0.227. The van der Waals surface area contributed by atoms with Crippen molar-refractivity contribution in [1.82, 2.24) is 9.97 Å². The number of rotatable bonds is 5. The van der Waals surface area contributed by atoms with Crippen LogP contribution in [0.5, 0.6) is 0 Å². The van der Waals surface area contributed by atoms with Crippen molar-refractivity contribution in [1.29, 1.82) is 0 Å². The zero-order valence-corrected chi connectivity index (χ0v) is 16.5. The minimum absolute atomic E-state index is 0.128. The highest BCUT2D eigenvalue weighted by molar-refractivity contribution is 6.29. The van der Waals surface area contributed by atoms with E-state index in [0.29, 0.717) is 28.8 Å². The van der Waals surface area contributed by atoms with Crippen LogP contribution in [0.15, 0.2) is 60.2 Å². The number of ether oxygens (including phenoxy) is 1. The predicted octanol–water partition coefficient (Wildman–Crippen LogP) is 5.32. The molecule has 1 aromatic carbocycles. The standard InChI is InChI=1S/C22H20ClN3O2/c1-14(2)6-5-13-28-22-17-8-4-3-7-16(17)21(27)26(22)19-12-10-15-9-11-18(23)24-20(15)25-19/h3-4,6-12,22H,5,13H2,1-2H3. The van der Waals surface area contributed by atoms with E-state index in [9.17, 15) is 4.79 Å². The number of anilines is 1. The molecular formula is C22H20ClN3O2. The summed E-state index contributed by atoms with van der Waals surface area (Å²) in [5.74, 6) is 0.368. The summed E-state index contributed by atoms with van der Waals surface area (Å²) < 4.78 is 6.13. The number of benzene rings is 1.